The van der Waals surface area contributed by atoms with Gasteiger partial charge in [0.05, 0.1) is 17.6 Å². The Morgan fingerprint density at radius 1 is 1.44 bits per heavy atom. The van der Waals surface area contributed by atoms with Gasteiger partial charge in [-0.1, -0.05) is 4.47 Å². The quantitative estimate of drug-likeness (QED) is 0.691. The van der Waals surface area contributed by atoms with Crippen molar-refractivity contribution in [2.75, 3.05) is 18.9 Å². The molecule has 1 N–H and O–H groups in total. The SMILES string of the molecule is CCS(=O)(=O)N1C[C@H](C(C)S(=O)(=O)O)CO1. The van der Waals surface area contributed by atoms with E-state index >= 15 is 0 Å². The van der Waals surface area contributed by atoms with E-state index in [0.29, 0.717) is 0 Å². The van der Waals surface area contributed by atoms with Crippen LogP contribution in [-0.4, -0.2) is 50.0 Å². The summed E-state index contributed by atoms with van der Waals surface area (Å²) in [4.78, 5) is 4.91. The van der Waals surface area contributed by atoms with E-state index in [-0.39, 0.29) is 18.9 Å². The van der Waals surface area contributed by atoms with E-state index in [0.717, 1.165) is 4.47 Å². The second-order valence-corrected chi connectivity index (χ2v) is 7.58. The number of hydrogen-bond donors (Lipinski definition) is 1. The van der Waals surface area contributed by atoms with Crippen LogP contribution in [0.15, 0.2) is 0 Å². The normalized spacial score (nSPS) is 25.8. The molecular weight excluding hydrogens is 258 g/mol. The van der Waals surface area contributed by atoms with Gasteiger partial charge in [0, 0.05) is 12.5 Å². The lowest BCUT2D eigenvalue weighted by molar-refractivity contribution is -0.0294. The van der Waals surface area contributed by atoms with Crippen molar-refractivity contribution in [3.8, 4) is 0 Å². The Bertz CT molecular complexity index is 441. The average molecular weight is 273 g/mol. The predicted molar refractivity (Wildman–Crippen MR) is 56.6 cm³/mol. The van der Waals surface area contributed by atoms with E-state index in [1.54, 1.807) is 0 Å². The summed E-state index contributed by atoms with van der Waals surface area (Å²) >= 11 is 0. The van der Waals surface area contributed by atoms with E-state index in [4.69, 9.17) is 9.39 Å². The lowest BCUT2D eigenvalue weighted by Gasteiger charge is -2.15. The van der Waals surface area contributed by atoms with Crippen molar-refractivity contribution >= 4 is 20.1 Å². The van der Waals surface area contributed by atoms with Crippen LogP contribution in [0.4, 0.5) is 0 Å². The molecule has 0 bridgehead atoms. The number of hydroxylamine groups is 1. The summed E-state index contributed by atoms with van der Waals surface area (Å²) in [7, 11) is -7.64. The van der Waals surface area contributed by atoms with E-state index in [1.807, 2.05) is 0 Å². The maximum absolute atomic E-state index is 11.4. The molecule has 1 unspecified atom stereocenters. The van der Waals surface area contributed by atoms with Crippen LogP contribution in [0, 0.1) is 5.92 Å². The fraction of sp³-hybridized carbons (Fsp3) is 1.00. The van der Waals surface area contributed by atoms with Gasteiger partial charge in [0.1, 0.15) is 0 Å². The molecular formula is C7H15NO6S2. The second-order valence-electron chi connectivity index (χ2n) is 3.66. The van der Waals surface area contributed by atoms with Crippen molar-refractivity contribution in [1.29, 1.82) is 0 Å². The van der Waals surface area contributed by atoms with Crippen molar-refractivity contribution in [3.05, 3.63) is 0 Å². The highest BCUT2D eigenvalue weighted by molar-refractivity contribution is 7.88. The molecule has 1 heterocycles. The Hall–Kier alpha value is -0.220. The molecule has 0 radical (unpaired) electrons. The highest BCUT2D eigenvalue weighted by Crippen LogP contribution is 2.22. The average Bonchev–Trinajstić information content (AvgIpc) is 2.64. The monoisotopic (exact) mass is 273 g/mol. The fourth-order valence-electron chi connectivity index (χ4n) is 1.34. The molecule has 1 saturated heterocycles. The summed E-state index contributed by atoms with van der Waals surface area (Å²) in [5, 5.41) is -1.04. The molecule has 0 aromatic rings. The van der Waals surface area contributed by atoms with E-state index < -0.39 is 31.3 Å². The van der Waals surface area contributed by atoms with E-state index in [1.165, 1.54) is 13.8 Å². The second kappa shape index (κ2) is 4.57. The molecule has 0 aromatic carbocycles. The van der Waals surface area contributed by atoms with E-state index in [2.05, 4.69) is 0 Å². The Kier molecular flexibility index (Phi) is 3.95. The Balaban J connectivity index is 2.74. The van der Waals surface area contributed by atoms with Gasteiger partial charge in [-0.25, -0.2) is 8.42 Å². The van der Waals surface area contributed by atoms with Crippen molar-refractivity contribution in [2.24, 2.45) is 5.92 Å². The van der Waals surface area contributed by atoms with Gasteiger partial charge in [0.15, 0.2) is 0 Å². The number of nitrogens with zero attached hydrogens (tertiary/aromatic N) is 1. The third-order valence-electron chi connectivity index (χ3n) is 2.62. The third kappa shape index (κ3) is 2.92. The Morgan fingerprint density at radius 2 is 2.00 bits per heavy atom. The van der Waals surface area contributed by atoms with Crippen LogP contribution in [0.25, 0.3) is 0 Å². The standard InChI is InChI=1S/C7H15NO6S2/c1-3-15(9,10)8-4-7(5-14-8)6(2)16(11,12)13/h6-7H,3-5H2,1-2H3,(H,11,12,13)/t6?,7-/m0/s1. The van der Waals surface area contributed by atoms with Gasteiger partial charge < -0.3 is 0 Å². The van der Waals surface area contributed by atoms with Crippen LogP contribution in [0.1, 0.15) is 13.8 Å². The number of hydrogen-bond acceptors (Lipinski definition) is 5. The van der Waals surface area contributed by atoms with Crippen molar-refractivity contribution in [2.45, 2.75) is 19.1 Å². The summed E-state index contributed by atoms with van der Waals surface area (Å²) in [6.07, 6.45) is 0. The minimum absolute atomic E-state index is 0.0276. The van der Waals surface area contributed by atoms with Crippen molar-refractivity contribution in [3.63, 3.8) is 0 Å². The summed E-state index contributed by atoms with van der Waals surface area (Å²) < 4.78 is 54.2. The number of sulfonamides is 1. The summed E-state index contributed by atoms with van der Waals surface area (Å²) in [5.74, 6) is -0.656. The molecule has 2 atom stereocenters. The molecule has 0 aliphatic carbocycles. The molecule has 1 aliphatic rings. The van der Waals surface area contributed by atoms with Gasteiger partial charge in [0.25, 0.3) is 10.1 Å². The molecule has 96 valence electrons. The zero-order valence-electron chi connectivity index (χ0n) is 9.03. The first-order chi connectivity index (χ1) is 7.18. The van der Waals surface area contributed by atoms with Gasteiger partial charge in [-0.15, -0.1) is 0 Å². The van der Waals surface area contributed by atoms with Gasteiger partial charge in [-0.3, -0.25) is 9.39 Å². The summed E-state index contributed by atoms with van der Waals surface area (Å²) in [5.41, 5.74) is 0. The lowest BCUT2D eigenvalue weighted by Crippen LogP contribution is -2.33. The molecule has 1 fully saturated rings. The smallest absolute Gasteiger partial charge is 0.267 e. The van der Waals surface area contributed by atoms with Crippen LogP contribution >= 0.6 is 0 Å². The molecule has 7 nitrogen and oxygen atoms in total. The minimum Gasteiger partial charge on any atom is -0.285 e. The molecule has 0 aromatic heterocycles. The lowest BCUT2D eigenvalue weighted by atomic mass is 10.1. The van der Waals surface area contributed by atoms with Crippen LogP contribution < -0.4 is 0 Å². The van der Waals surface area contributed by atoms with Gasteiger partial charge in [-0.05, 0) is 13.8 Å². The highest BCUT2D eigenvalue weighted by atomic mass is 32.2. The van der Waals surface area contributed by atoms with E-state index in [9.17, 15) is 16.8 Å². The molecule has 1 aliphatic heterocycles. The molecule has 1 rings (SSSR count). The van der Waals surface area contributed by atoms with Crippen LogP contribution in [-0.2, 0) is 25.0 Å². The Labute approximate surface area is 95.1 Å². The van der Waals surface area contributed by atoms with Gasteiger partial charge in [-0.2, -0.15) is 8.42 Å². The maximum atomic E-state index is 11.4. The fourth-order valence-corrected chi connectivity index (χ4v) is 2.92. The molecule has 0 spiro atoms. The zero-order valence-corrected chi connectivity index (χ0v) is 10.7. The van der Waals surface area contributed by atoms with Crippen LogP contribution in [0.5, 0.6) is 0 Å². The topological polar surface area (TPSA) is 101 Å². The Morgan fingerprint density at radius 3 is 2.44 bits per heavy atom. The maximum Gasteiger partial charge on any atom is 0.267 e. The first-order valence-electron chi connectivity index (χ1n) is 4.78. The predicted octanol–water partition coefficient (Wildman–Crippen LogP) is -0.524. The van der Waals surface area contributed by atoms with Crippen LogP contribution in [0.2, 0.25) is 0 Å². The minimum atomic E-state index is -4.16. The number of rotatable bonds is 4. The highest BCUT2D eigenvalue weighted by Gasteiger charge is 2.38. The van der Waals surface area contributed by atoms with Gasteiger partial charge in [0.2, 0.25) is 10.0 Å². The first-order valence-corrected chi connectivity index (χ1v) is 7.89. The zero-order chi connectivity index (χ0) is 12.6. The molecule has 16 heavy (non-hydrogen) atoms. The first kappa shape index (κ1) is 13.8. The largest absolute Gasteiger partial charge is 0.285 e. The summed E-state index contributed by atoms with van der Waals surface area (Å²) in [6, 6.07) is 0. The van der Waals surface area contributed by atoms with Crippen molar-refractivity contribution < 1.29 is 26.2 Å². The van der Waals surface area contributed by atoms with Crippen LogP contribution in [0.3, 0.4) is 0 Å². The third-order valence-corrected chi connectivity index (χ3v) is 5.55. The van der Waals surface area contributed by atoms with Gasteiger partial charge >= 0.3 is 0 Å². The summed E-state index contributed by atoms with van der Waals surface area (Å²) in [6.45, 7) is 2.72. The molecule has 0 saturated carbocycles. The molecule has 9 heteroatoms. The van der Waals surface area contributed by atoms with Crippen molar-refractivity contribution in [1.82, 2.24) is 4.47 Å². The molecule has 0 amide bonds.